The van der Waals surface area contributed by atoms with Crippen molar-refractivity contribution in [1.29, 1.82) is 0 Å². The molecule has 10 heteroatoms. The maximum Gasteiger partial charge on any atom is 0.264 e. The van der Waals surface area contributed by atoms with Crippen LogP contribution in [0.2, 0.25) is 0 Å². The number of halogens is 2. The standard InChI is InChI=1S/C32H31F2N3O4S/c1-23-8-18-29(19-9-23)42(40,41)37(28-16-14-27(34)15-17-28)22-31(38)36(21-25-10-12-26(33)13-11-25)30(32(39)35-2)20-24-6-4-3-5-7-24/h3-19,30H,20-22H2,1-2H3,(H,35,39)/t30-/m0/s1. The Kier molecular flexibility index (Phi) is 9.69. The zero-order valence-corrected chi connectivity index (χ0v) is 24.0. The van der Waals surface area contributed by atoms with Gasteiger partial charge in [0.05, 0.1) is 10.6 Å². The third kappa shape index (κ3) is 7.38. The Morgan fingerprint density at radius 3 is 1.93 bits per heavy atom. The van der Waals surface area contributed by atoms with Gasteiger partial charge >= 0.3 is 0 Å². The molecule has 4 rings (SSSR count). The lowest BCUT2D eigenvalue weighted by atomic mass is 10.0. The molecule has 0 aromatic heterocycles. The van der Waals surface area contributed by atoms with Crippen molar-refractivity contribution in [3.8, 4) is 0 Å². The quantitative estimate of drug-likeness (QED) is 0.270. The Balaban J connectivity index is 1.77. The number of rotatable bonds is 11. The van der Waals surface area contributed by atoms with Gasteiger partial charge < -0.3 is 10.2 Å². The first-order valence-electron chi connectivity index (χ1n) is 13.2. The van der Waals surface area contributed by atoms with Gasteiger partial charge in [-0.25, -0.2) is 17.2 Å². The van der Waals surface area contributed by atoms with Crippen LogP contribution in [0.1, 0.15) is 16.7 Å². The molecule has 4 aromatic carbocycles. The molecule has 0 bridgehead atoms. The van der Waals surface area contributed by atoms with Crippen LogP contribution in [0.5, 0.6) is 0 Å². The Bertz CT molecular complexity index is 1610. The van der Waals surface area contributed by atoms with E-state index in [1.54, 1.807) is 12.1 Å². The first kappa shape index (κ1) is 30.4. The lowest BCUT2D eigenvalue weighted by molar-refractivity contribution is -0.139. The summed E-state index contributed by atoms with van der Waals surface area (Å²) in [5.41, 5.74) is 2.25. The molecule has 1 atom stereocenters. The lowest BCUT2D eigenvalue weighted by Gasteiger charge is -2.33. The van der Waals surface area contributed by atoms with E-state index in [1.807, 2.05) is 37.3 Å². The predicted molar refractivity (Wildman–Crippen MR) is 157 cm³/mol. The molecule has 7 nitrogen and oxygen atoms in total. The summed E-state index contributed by atoms with van der Waals surface area (Å²) in [5, 5.41) is 2.60. The van der Waals surface area contributed by atoms with Crippen LogP contribution in [0.3, 0.4) is 0 Å². The highest BCUT2D eigenvalue weighted by Crippen LogP contribution is 2.25. The molecular weight excluding hydrogens is 560 g/mol. The number of hydrogen-bond donors (Lipinski definition) is 1. The normalized spacial score (nSPS) is 11.9. The van der Waals surface area contributed by atoms with Gasteiger partial charge in [-0.1, -0.05) is 60.2 Å². The molecular formula is C32H31F2N3O4S. The number of nitrogens with zero attached hydrogens (tertiary/aromatic N) is 2. The number of hydrogen-bond acceptors (Lipinski definition) is 4. The zero-order valence-electron chi connectivity index (χ0n) is 23.2. The number of sulfonamides is 1. The maximum atomic E-state index is 14.1. The molecule has 0 saturated heterocycles. The van der Waals surface area contributed by atoms with Gasteiger partial charge in [0.1, 0.15) is 24.2 Å². The molecule has 0 unspecified atom stereocenters. The molecule has 4 aromatic rings. The largest absolute Gasteiger partial charge is 0.357 e. The van der Waals surface area contributed by atoms with Crippen molar-refractivity contribution in [3.63, 3.8) is 0 Å². The van der Waals surface area contributed by atoms with E-state index in [0.717, 1.165) is 27.6 Å². The molecule has 0 heterocycles. The number of carbonyl (C=O) groups excluding carboxylic acids is 2. The molecule has 218 valence electrons. The number of benzene rings is 4. The Hall–Kier alpha value is -4.57. The van der Waals surface area contributed by atoms with Crippen molar-refractivity contribution in [3.05, 3.63) is 131 Å². The van der Waals surface area contributed by atoms with E-state index in [9.17, 15) is 26.8 Å². The predicted octanol–water partition coefficient (Wildman–Crippen LogP) is 4.85. The minimum Gasteiger partial charge on any atom is -0.357 e. The fraction of sp³-hybridized carbons (Fsp3) is 0.188. The fourth-order valence-electron chi connectivity index (χ4n) is 4.48. The summed E-state index contributed by atoms with van der Waals surface area (Å²) in [6.45, 7) is 1.05. The average molecular weight is 592 g/mol. The molecule has 2 amide bonds. The minimum atomic E-state index is -4.29. The van der Waals surface area contributed by atoms with E-state index < -0.39 is 46.1 Å². The first-order valence-corrected chi connectivity index (χ1v) is 14.7. The van der Waals surface area contributed by atoms with E-state index in [-0.39, 0.29) is 23.5 Å². The molecule has 0 spiro atoms. The average Bonchev–Trinajstić information content (AvgIpc) is 2.99. The minimum absolute atomic E-state index is 0.0533. The molecule has 42 heavy (non-hydrogen) atoms. The van der Waals surface area contributed by atoms with Gasteiger partial charge in [0.15, 0.2) is 0 Å². The highest BCUT2D eigenvalue weighted by Gasteiger charge is 2.34. The summed E-state index contributed by atoms with van der Waals surface area (Å²) in [6.07, 6.45) is 0.148. The molecule has 0 fully saturated rings. The van der Waals surface area contributed by atoms with Gasteiger partial charge in [-0.3, -0.25) is 13.9 Å². The summed E-state index contributed by atoms with van der Waals surface area (Å²) in [6, 6.07) is 24.5. The van der Waals surface area contributed by atoms with Gasteiger partial charge in [0, 0.05) is 20.0 Å². The van der Waals surface area contributed by atoms with Gasteiger partial charge in [0.2, 0.25) is 11.8 Å². The van der Waals surface area contributed by atoms with Crippen LogP contribution < -0.4 is 9.62 Å². The third-order valence-electron chi connectivity index (χ3n) is 6.79. The van der Waals surface area contributed by atoms with Crippen molar-refractivity contribution < 1.29 is 26.8 Å². The molecule has 0 radical (unpaired) electrons. The topological polar surface area (TPSA) is 86.8 Å². The summed E-state index contributed by atoms with van der Waals surface area (Å²) in [4.78, 5) is 28.6. The van der Waals surface area contributed by atoms with Crippen LogP contribution in [0.15, 0.2) is 108 Å². The molecule has 1 N–H and O–H groups in total. The fourth-order valence-corrected chi connectivity index (χ4v) is 5.89. The Labute approximate surface area is 244 Å². The molecule has 0 aliphatic carbocycles. The van der Waals surface area contributed by atoms with E-state index in [0.29, 0.717) is 5.56 Å². The summed E-state index contributed by atoms with van der Waals surface area (Å²) in [5.74, 6) is -2.17. The van der Waals surface area contributed by atoms with Crippen molar-refractivity contribution in [2.24, 2.45) is 0 Å². The molecule has 0 saturated carbocycles. The number of nitrogens with one attached hydrogen (secondary N) is 1. The van der Waals surface area contributed by atoms with Crippen molar-refractivity contribution in [2.75, 3.05) is 17.9 Å². The first-order chi connectivity index (χ1) is 20.1. The monoisotopic (exact) mass is 591 g/mol. The van der Waals surface area contributed by atoms with Crippen molar-refractivity contribution in [2.45, 2.75) is 30.8 Å². The SMILES string of the molecule is CNC(=O)[C@H](Cc1ccccc1)N(Cc1ccc(F)cc1)C(=O)CN(c1ccc(F)cc1)S(=O)(=O)c1ccc(C)cc1. The highest BCUT2D eigenvalue weighted by molar-refractivity contribution is 7.92. The Morgan fingerprint density at radius 1 is 0.786 bits per heavy atom. The van der Waals surface area contributed by atoms with Crippen molar-refractivity contribution in [1.82, 2.24) is 10.2 Å². The van der Waals surface area contributed by atoms with E-state index in [2.05, 4.69) is 5.32 Å². The number of carbonyl (C=O) groups is 2. The van der Waals surface area contributed by atoms with Crippen LogP contribution in [0, 0.1) is 18.6 Å². The van der Waals surface area contributed by atoms with Gasteiger partial charge in [-0.2, -0.15) is 0 Å². The maximum absolute atomic E-state index is 14.1. The van der Waals surface area contributed by atoms with Gasteiger partial charge in [-0.15, -0.1) is 0 Å². The van der Waals surface area contributed by atoms with Gasteiger partial charge in [0.25, 0.3) is 10.0 Å². The third-order valence-corrected chi connectivity index (χ3v) is 8.57. The van der Waals surface area contributed by atoms with E-state index in [1.165, 1.54) is 60.5 Å². The van der Waals surface area contributed by atoms with E-state index >= 15 is 0 Å². The smallest absolute Gasteiger partial charge is 0.264 e. The Morgan fingerprint density at radius 2 is 1.36 bits per heavy atom. The second-order valence-electron chi connectivity index (χ2n) is 9.77. The van der Waals surface area contributed by atoms with Crippen LogP contribution in [0.25, 0.3) is 0 Å². The lowest BCUT2D eigenvalue weighted by Crippen LogP contribution is -2.53. The number of aryl methyl sites for hydroxylation is 1. The van der Waals surface area contributed by atoms with Crippen LogP contribution in [-0.4, -0.2) is 44.8 Å². The second-order valence-corrected chi connectivity index (χ2v) is 11.6. The van der Waals surface area contributed by atoms with Gasteiger partial charge in [-0.05, 0) is 66.6 Å². The van der Waals surface area contributed by atoms with Crippen LogP contribution in [0.4, 0.5) is 14.5 Å². The molecule has 0 aliphatic rings. The van der Waals surface area contributed by atoms with Crippen LogP contribution >= 0.6 is 0 Å². The number of likely N-dealkylation sites (N-methyl/N-ethyl adjacent to an activating group) is 1. The van der Waals surface area contributed by atoms with Crippen molar-refractivity contribution >= 4 is 27.5 Å². The summed E-state index contributed by atoms with van der Waals surface area (Å²) in [7, 11) is -2.84. The number of amides is 2. The number of anilines is 1. The van der Waals surface area contributed by atoms with Crippen LogP contribution in [-0.2, 0) is 32.6 Å². The molecule has 0 aliphatic heterocycles. The summed E-state index contributed by atoms with van der Waals surface area (Å²) >= 11 is 0. The van der Waals surface area contributed by atoms with E-state index in [4.69, 9.17) is 0 Å². The second kappa shape index (κ2) is 13.4. The summed E-state index contributed by atoms with van der Waals surface area (Å²) < 4.78 is 56.1. The zero-order chi connectivity index (χ0) is 30.3. The highest BCUT2D eigenvalue weighted by atomic mass is 32.2.